The number of anilines is 1. The minimum Gasteiger partial charge on any atom is -0.365 e. The molecule has 1 atom stereocenters. The van der Waals surface area contributed by atoms with Crippen molar-refractivity contribution in [1.29, 1.82) is 0 Å². The van der Waals surface area contributed by atoms with Crippen molar-refractivity contribution < 1.29 is 13.2 Å². The Morgan fingerprint density at radius 2 is 1.69 bits per heavy atom. The minimum atomic E-state index is -3.00. The summed E-state index contributed by atoms with van der Waals surface area (Å²) in [6, 6.07) is 17.8. The summed E-state index contributed by atoms with van der Waals surface area (Å²) >= 11 is 0. The predicted molar refractivity (Wildman–Crippen MR) is 105 cm³/mol. The monoisotopic (exact) mass is 372 g/mol. The molecule has 5 nitrogen and oxygen atoms in total. The summed E-state index contributed by atoms with van der Waals surface area (Å²) < 4.78 is 23.3. The highest BCUT2D eigenvalue weighted by Crippen LogP contribution is 2.30. The van der Waals surface area contributed by atoms with E-state index in [9.17, 15) is 13.2 Å². The van der Waals surface area contributed by atoms with Crippen LogP contribution < -0.4 is 4.90 Å². The van der Waals surface area contributed by atoms with Gasteiger partial charge in [0.05, 0.1) is 18.1 Å². The SMILES string of the molecule is CN(CC(=O)N(C)[C@H]1CCS(=O)(=O)C1)c1ccccc1-c1ccccc1. The normalized spacial score (nSPS) is 18.5. The van der Waals surface area contributed by atoms with Gasteiger partial charge in [-0.05, 0) is 18.1 Å². The summed E-state index contributed by atoms with van der Waals surface area (Å²) in [6.07, 6.45) is 0.523. The lowest BCUT2D eigenvalue weighted by Crippen LogP contribution is -2.43. The Hall–Kier alpha value is -2.34. The molecular weight excluding hydrogens is 348 g/mol. The van der Waals surface area contributed by atoms with E-state index in [0.29, 0.717) is 6.42 Å². The van der Waals surface area contributed by atoms with Gasteiger partial charge in [-0.1, -0.05) is 48.5 Å². The molecule has 6 heteroatoms. The summed E-state index contributed by atoms with van der Waals surface area (Å²) in [6.45, 7) is 0.205. The average Bonchev–Trinajstić information content (AvgIpc) is 3.01. The molecule has 1 aliphatic rings. The van der Waals surface area contributed by atoms with Crippen molar-refractivity contribution in [3.8, 4) is 11.1 Å². The Labute approximate surface area is 155 Å². The highest BCUT2D eigenvalue weighted by molar-refractivity contribution is 7.91. The van der Waals surface area contributed by atoms with Gasteiger partial charge >= 0.3 is 0 Å². The van der Waals surface area contributed by atoms with Crippen LogP contribution in [0.15, 0.2) is 54.6 Å². The predicted octanol–water partition coefficient (Wildman–Crippen LogP) is 2.44. The number of benzene rings is 2. The Bertz CT molecular complexity index is 881. The molecule has 3 rings (SSSR count). The first-order valence-corrected chi connectivity index (χ1v) is 10.5. The van der Waals surface area contributed by atoms with E-state index in [4.69, 9.17) is 0 Å². The molecule has 0 N–H and O–H groups in total. The molecule has 2 aromatic carbocycles. The van der Waals surface area contributed by atoms with E-state index in [-0.39, 0.29) is 30.0 Å². The second-order valence-electron chi connectivity index (χ2n) is 6.80. The van der Waals surface area contributed by atoms with Gasteiger partial charge in [-0.25, -0.2) is 8.42 Å². The lowest BCUT2D eigenvalue weighted by molar-refractivity contribution is -0.130. The van der Waals surface area contributed by atoms with Crippen LogP contribution >= 0.6 is 0 Å². The van der Waals surface area contributed by atoms with Crippen LogP contribution in [0.3, 0.4) is 0 Å². The summed E-state index contributed by atoms with van der Waals surface area (Å²) in [5.74, 6) is 0.166. The van der Waals surface area contributed by atoms with Gasteiger partial charge in [-0.3, -0.25) is 4.79 Å². The molecule has 0 spiro atoms. The summed E-state index contributed by atoms with van der Waals surface area (Å²) in [7, 11) is 0.582. The third-order valence-electron chi connectivity index (χ3n) is 4.92. The zero-order chi connectivity index (χ0) is 18.7. The van der Waals surface area contributed by atoms with Crippen LogP contribution in [0.1, 0.15) is 6.42 Å². The van der Waals surface area contributed by atoms with Gasteiger partial charge < -0.3 is 9.80 Å². The molecule has 0 bridgehead atoms. The maximum Gasteiger partial charge on any atom is 0.242 e. The summed E-state index contributed by atoms with van der Waals surface area (Å²) in [4.78, 5) is 16.2. The number of rotatable bonds is 5. The molecule has 0 aliphatic carbocycles. The molecule has 1 heterocycles. The van der Waals surface area contributed by atoms with Crippen LogP contribution in [0.4, 0.5) is 5.69 Å². The number of carbonyl (C=O) groups excluding carboxylic acids is 1. The fourth-order valence-electron chi connectivity index (χ4n) is 3.35. The van der Waals surface area contributed by atoms with Crippen LogP contribution in [0.25, 0.3) is 11.1 Å². The summed E-state index contributed by atoms with van der Waals surface area (Å²) in [5, 5.41) is 0. The highest BCUT2D eigenvalue weighted by atomic mass is 32.2. The van der Waals surface area contributed by atoms with Gasteiger partial charge in [-0.15, -0.1) is 0 Å². The Morgan fingerprint density at radius 3 is 2.35 bits per heavy atom. The minimum absolute atomic E-state index is 0.0690. The fourth-order valence-corrected chi connectivity index (χ4v) is 5.13. The van der Waals surface area contributed by atoms with Crippen LogP contribution in [0.5, 0.6) is 0 Å². The van der Waals surface area contributed by atoms with Crippen molar-refractivity contribution >= 4 is 21.4 Å². The maximum atomic E-state index is 12.7. The Kier molecular flexibility index (Phi) is 5.32. The number of hydrogen-bond acceptors (Lipinski definition) is 4. The van der Waals surface area contributed by atoms with Gasteiger partial charge in [0.15, 0.2) is 9.84 Å². The standard InChI is InChI=1S/C20H24N2O3S/c1-21(14-20(23)22(2)17-12-13-26(24,25)15-17)19-11-7-6-10-18(19)16-8-4-3-5-9-16/h3-11,17H,12-15H2,1-2H3/t17-/m0/s1. The van der Waals surface area contributed by atoms with E-state index in [2.05, 4.69) is 0 Å². The van der Waals surface area contributed by atoms with Gasteiger partial charge in [-0.2, -0.15) is 0 Å². The molecule has 0 aromatic heterocycles. The number of sulfone groups is 1. The number of nitrogens with zero attached hydrogens (tertiary/aromatic N) is 2. The fraction of sp³-hybridized carbons (Fsp3) is 0.350. The van der Waals surface area contributed by atoms with Crippen molar-refractivity contribution in [1.82, 2.24) is 4.90 Å². The quantitative estimate of drug-likeness (QED) is 0.809. The van der Waals surface area contributed by atoms with E-state index in [0.717, 1.165) is 16.8 Å². The molecule has 1 saturated heterocycles. The van der Waals surface area contributed by atoms with Crippen molar-refractivity contribution in [3.63, 3.8) is 0 Å². The molecule has 1 amide bonds. The largest absolute Gasteiger partial charge is 0.365 e. The molecule has 0 radical (unpaired) electrons. The van der Waals surface area contributed by atoms with E-state index in [1.54, 1.807) is 11.9 Å². The van der Waals surface area contributed by atoms with Crippen molar-refractivity contribution in [2.75, 3.05) is 37.0 Å². The number of para-hydroxylation sites is 1. The summed E-state index contributed by atoms with van der Waals surface area (Å²) in [5.41, 5.74) is 3.13. The van der Waals surface area contributed by atoms with Crippen molar-refractivity contribution in [2.45, 2.75) is 12.5 Å². The third-order valence-corrected chi connectivity index (χ3v) is 6.67. The number of amides is 1. The van der Waals surface area contributed by atoms with E-state index in [1.165, 1.54) is 0 Å². The van der Waals surface area contributed by atoms with Crippen LogP contribution in [0.2, 0.25) is 0 Å². The van der Waals surface area contributed by atoms with Gasteiger partial charge in [0.2, 0.25) is 5.91 Å². The van der Waals surface area contributed by atoms with Crippen LogP contribution in [0, 0.1) is 0 Å². The third kappa shape index (κ3) is 4.07. The second kappa shape index (κ2) is 7.50. The molecule has 2 aromatic rings. The molecule has 1 fully saturated rings. The lowest BCUT2D eigenvalue weighted by Gasteiger charge is -2.28. The first-order chi connectivity index (χ1) is 12.4. The van der Waals surface area contributed by atoms with E-state index >= 15 is 0 Å². The van der Waals surface area contributed by atoms with Crippen LogP contribution in [-0.2, 0) is 14.6 Å². The van der Waals surface area contributed by atoms with Crippen molar-refractivity contribution in [2.24, 2.45) is 0 Å². The van der Waals surface area contributed by atoms with Gasteiger partial charge in [0.1, 0.15) is 0 Å². The first-order valence-electron chi connectivity index (χ1n) is 8.69. The zero-order valence-corrected chi connectivity index (χ0v) is 15.9. The highest BCUT2D eigenvalue weighted by Gasteiger charge is 2.32. The Balaban J connectivity index is 1.74. The first kappa shape index (κ1) is 18.5. The number of likely N-dealkylation sites (N-methyl/N-ethyl adjacent to an activating group) is 2. The zero-order valence-electron chi connectivity index (χ0n) is 15.1. The molecular formula is C20H24N2O3S. The smallest absolute Gasteiger partial charge is 0.242 e. The molecule has 26 heavy (non-hydrogen) atoms. The molecule has 0 unspecified atom stereocenters. The molecule has 1 aliphatic heterocycles. The van der Waals surface area contributed by atoms with Gasteiger partial charge in [0.25, 0.3) is 0 Å². The van der Waals surface area contributed by atoms with Crippen LogP contribution in [-0.4, -0.2) is 57.4 Å². The molecule has 138 valence electrons. The van der Waals surface area contributed by atoms with E-state index < -0.39 is 9.84 Å². The molecule has 0 saturated carbocycles. The van der Waals surface area contributed by atoms with E-state index in [1.807, 2.05) is 66.5 Å². The number of hydrogen-bond donors (Lipinski definition) is 0. The lowest BCUT2D eigenvalue weighted by atomic mass is 10.0. The van der Waals surface area contributed by atoms with Gasteiger partial charge in [0, 0.05) is 31.4 Å². The van der Waals surface area contributed by atoms with Crippen molar-refractivity contribution in [3.05, 3.63) is 54.6 Å². The number of carbonyl (C=O) groups is 1. The average molecular weight is 372 g/mol. The second-order valence-corrected chi connectivity index (χ2v) is 9.03. The topological polar surface area (TPSA) is 57.7 Å². The Morgan fingerprint density at radius 1 is 1.04 bits per heavy atom. The maximum absolute atomic E-state index is 12.7.